The smallest absolute Gasteiger partial charge is 0.244 e. The molecule has 0 saturated heterocycles. The van der Waals surface area contributed by atoms with Gasteiger partial charge in [-0.2, -0.15) is 4.31 Å². The number of hydrogen-bond acceptors (Lipinski definition) is 5. The van der Waals surface area contributed by atoms with E-state index in [2.05, 4.69) is 25.8 Å². The molecule has 2 rings (SSSR count). The molecule has 0 aliphatic rings. The van der Waals surface area contributed by atoms with Crippen molar-refractivity contribution in [3.63, 3.8) is 0 Å². The van der Waals surface area contributed by atoms with Gasteiger partial charge >= 0.3 is 0 Å². The zero-order valence-electron chi connectivity index (χ0n) is 12.0. The summed E-state index contributed by atoms with van der Waals surface area (Å²) >= 11 is 2.81. The van der Waals surface area contributed by atoms with Crippen molar-refractivity contribution < 1.29 is 8.42 Å². The number of thiazole rings is 1. The molecular formula is C13H18N2O2S3. The monoisotopic (exact) mass is 330 g/mol. The van der Waals surface area contributed by atoms with Crippen molar-refractivity contribution in [3.05, 3.63) is 33.6 Å². The number of sulfonamides is 1. The van der Waals surface area contributed by atoms with Gasteiger partial charge in [-0.1, -0.05) is 26.8 Å². The normalized spacial score (nSPS) is 13.1. The van der Waals surface area contributed by atoms with Gasteiger partial charge in [-0.3, -0.25) is 0 Å². The second-order valence-corrected chi connectivity index (χ2v) is 9.66. The SMILES string of the molecule is CN(Cc1csc(C(C)(C)C)n1)S(=O)(=O)c1cccs1. The minimum absolute atomic E-state index is 0.00584. The van der Waals surface area contributed by atoms with Crippen LogP contribution in [-0.2, 0) is 22.0 Å². The second-order valence-electron chi connectivity index (χ2n) is 5.59. The highest BCUT2D eigenvalue weighted by molar-refractivity contribution is 7.91. The van der Waals surface area contributed by atoms with Crippen molar-refractivity contribution in [1.29, 1.82) is 0 Å². The van der Waals surface area contributed by atoms with Crippen LogP contribution < -0.4 is 0 Å². The van der Waals surface area contributed by atoms with Crippen molar-refractivity contribution in [2.45, 2.75) is 36.9 Å². The lowest BCUT2D eigenvalue weighted by Crippen LogP contribution is -2.26. The summed E-state index contributed by atoms with van der Waals surface area (Å²) < 4.78 is 26.3. The van der Waals surface area contributed by atoms with Gasteiger partial charge in [0.25, 0.3) is 10.0 Å². The fourth-order valence-electron chi connectivity index (χ4n) is 1.60. The van der Waals surface area contributed by atoms with E-state index in [1.54, 1.807) is 35.9 Å². The molecule has 0 aromatic carbocycles. The van der Waals surface area contributed by atoms with Crippen LogP contribution in [0.1, 0.15) is 31.5 Å². The highest BCUT2D eigenvalue weighted by Crippen LogP contribution is 2.27. The van der Waals surface area contributed by atoms with Crippen LogP contribution in [0.15, 0.2) is 27.1 Å². The minimum atomic E-state index is -3.40. The lowest BCUT2D eigenvalue weighted by molar-refractivity contribution is 0.463. The molecule has 20 heavy (non-hydrogen) atoms. The first-order chi connectivity index (χ1) is 9.21. The zero-order valence-corrected chi connectivity index (χ0v) is 14.4. The number of rotatable bonds is 4. The molecule has 0 fully saturated rings. The van der Waals surface area contributed by atoms with Gasteiger partial charge in [-0.05, 0) is 11.4 Å². The number of thiophene rings is 1. The first-order valence-corrected chi connectivity index (χ1v) is 9.36. The van der Waals surface area contributed by atoms with Crippen LogP contribution in [0.25, 0.3) is 0 Å². The van der Waals surface area contributed by atoms with Gasteiger partial charge in [-0.15, -0.1) is 22.7 Å². The van der Waals surface area contributed by atoms with E-state index in [0.717, 1.165) is 10.7 Å². The van der Waals surface area contributed by atoms with Crippen molar-refractivity contribution >= 4 is 32.7 Å². The van der Waals surface area contributed by atoms with Crippen molar-refractivity contribution in [3.8, 4) is 0 Å². The Bertz CT molecular complexity index is 667. The minimum Gasteiger partial charge on any atom is -0.244 e. The van der Waals surface area contributed by atoms with Gasteiger partial charge in [0.1, 0.15) is 4.21 Å². The van der Waals surface area contributed by atoms with Gasteiger partial charge in [0.15, 0.2) is 0 Å². The Labute approximate surface area is 128 Å². The van der Waals surface area contributed by atoms with Crippen molar-refractivity contribution in [2.75, 3.05) is 7.05 Å². The lowest BCUT2D eigenvalue weighted by Gasteiger charge is -2.15. The fourth-order valence-corrected chi connectivity index (χ4v) is 4.84. The Kier molecular flexibility index (Phi) is 4.34. The molecule has 0 atom stereocenters. The Morgan fingerprint density at radius 1 is 1.30 bits per heavy atom. The quantitative estimate of drug-likeness (QED) is 0.864. The van der Waals surface area contributed by atoms with Crippen LogP contribution >= 0.6 is 22.7 Å². The summed E-state index contributed by atoms with van der Waals surface area (Å²) in [7, 11) is -1.82. The molecule has 0 radical (unpaired) electrons. The van der Waals surface area contributed by atoms with Crippen molar-refractivity contribution in [2.24, 2.45) is 0 Å². The number of hydrogen-bond donors (Lipinski definition) is 0. The Morgan fingerprint density at radius 2 is 2.00 bits per heavy atom. The number of aromatic nitrogens is 1. The van der Waals surface area contributed by atoms with Crippen LogP contribution in [0.5, 0.6) is 0 Å². The van der Waals surface area contributed by atoms with E-state index in [-0.39, 0.29) is 5.41 Å². The first kappa shape index (κ1) is 15.6. The van der Waals surface area contributed by atoms with E-state index in [1.807, 2.05) is 5.38 Å². The van der Waals surface area contributed by atoms with E-state index in [0.29, 0.717) is 10.8 Å². The Morgan fingerprint density at radius 3 is 2.50 bits per heavy atom. The molecule has 0 unspecified atom stereocenters. The number of nitrogens with zero attached hydrogens (tertiary/aromatic N) is 2. The van der Waals surface area contributed by atoms with Crippen LogP contribution in [0.3, 0.4) is 0 Å². The molecule has 0 amide bonds. The largest absolute Gasteiger partial charge is 0.252 e. The summed E-state index contributed by atoms with van der Waals surface area (Å²) in [5, 5.41) is 4.72. The van der Waals surface area contributed by atoms with E-state index in [1.165, 1.54) is 15.6 Å². The Balaban J connectivity index is 2.16. The standard InChI is InChI=1S/C13H18N2O2S3/c1-13(2,3)12-14-10(9-19-12)8-15(4)20(16,17)11-6-5-7-18-11/h5-7,9H,8H2,1-4H3. The molecule has 7 heteroatoms. The van der Waals surface area contributed by atoms with E-state index >= 15 is 0 Å². The van der Waals surface area contributed by atoms with Crippen LogP contribution in [0.2, 0.25) is 0 Å². The molecule has 0 saturated carbocycles. The predicted molar refractivity (Wildman–Crippen MR) is 83.8 cm³/mol. The summed E-state index contributed by atoms with van der Waals surface area (Å²) in [5.74, 6) is 0. The second kappa shape index (κ2) is 5.55. The molecule has 2 aromatic heterocycles. The average molecular weight is 330 g/mol. The lowest BCUT2D eigenvalue weighted by atomic mass is 9.98. The predicted octanol–water partition coefficient (Wildman–Crippen LogP) is 3.32. The van der Waals surface area contributed by atoms with E-state index < -0.39 is 10.0 Å². The summed E-state index contributed by atoms with van der Waals surface area (Å²) in [4.78, 5) is 4.53. The molecule has 2 aromatic rings. The summed E-state index contributed by atoms with van der Waals surface area (Å²) in [6.07, 6.45) is 0. The molecule has 0 aliphatic carbocycles. The van der Waals surface area contributed by atoms with Gasteiger partial charge < -0.3 is 0 Å². The average Bonchev–Trinajstić information content (AvgIpc) is 2.98. The maximum atomic E-state index is 12.3. The van der Waals surface area contributed by atoms with Gasteiger partial charge in [0.2, 0.25) is 0 Å². The molecule has 0 aliphatic heterocycles. The molecular weight excluding hydrogens is 312 g/mol. The molecule has 0 bridgehead atoms. The third-order valence-corrected chi connectivity index (χ3v) is 7.23. The maximum Gasteiger partial charge on any atom is 0.252 e. The Hall–Kier alpha value is -0.760. The molecule has 4 nitrogen and oxygen atoms in total. The first-order valence-electron chi connectivity index (χ1n) is 6.16. The van der Waals surface area contributed by atoms with Crippen LogP contribution in [0, 0.1) is 0 Å². The van der Waals surface area contributed by atoms with Gasteiger partial charge in [0, 0.05) is 17.8 Å². The van der Waals surface area contributed by atoms with E-state index in [9.17, 15) is 8.42 Å². The molecule has 0 N–H and O–H groups in total. The molecule has 110 valence electrons. The summed E-state index contributed by atoms with van der Waals surface area (Å²) in [6.45, 7) is 6.60. The van der Waals surface area contributed by atoms with E-state index in [4.69, 9.17) is 0 Å². The van der Waals surface area contributed by atoms with Gasteiger partial charge in [-0.25, -0.2) is 13.4 Å². The van der Waals surface area contributed by atoms with Crippen LogP contribution in [0.4, 0.5) is 0 Å². The third kappa shape index (κ3) is 3.28. The van der Waals surface area contributed by atoms with Crippen LogP contribution in [-0.4, -0.2) is 24.8 Å². The topological polar surface area (TPSA) is 50.3 Å². The molecule has 2 heterocycles. The maximum absolute atomic E-state index is 12.3. The highest BCUT2D eigenvalue weighted by Gasteiger charge is 2.24. The van der Waals surface area contributed by atoms with Crippen molar-refractivity contribution in [1.82, 2.24) is 9.29 Å². The summed E-state index contributed by atoms with van der Waals surface area (Å²) in [6, 6.07) is 3.37. The summed E-state index contributed by atoms with van der Waals surface area (Å²) in [5.41, 5.74) is 0.788. The third-order valence-electron chi connectivity index (χ3n) is 2.74. The molecule has 0 spiro atoms. The highest BCUT2D eigenvalue weighted by atomic mass is 32.2. The fraction of sp³-hybridized carbons (Fsp3) is 0.462. The zero-order chi connectivity index (χ0) is 15.0. The van der Waals surface area contributed by atoms with Gasteiger partial charge in [0.05, 0.1) is 17.2 Å².